The molecule has 0 saturated heterocycles. The molecule has 0 unspecified atom stereocenters. The Bertz CT molecular complexity index is 1210. The van der Waals surface area contributed by atoms with Crippen LogP contribution in [-0.4, -0.2) is 31.1 Å². The monoisotopic (exact) mass is 458 g/mol. The number of aromatic nitrogens is 5. The number of aryl methyl sites for hydroxylation is 1. The third-order valence-corrected chi connectivity index (χ3v) is 5.33. The summed E-state index contributed by atoms with van der Waals surface area (Å²) >= 11 is 7.24. The first kappa shape index (κ1) is 20.9. The van der Waals surface area contributed by atoms with E-state index in [0.717, 1.165) is 5.01 Å². The van der Waals surface area contributed by atoms with Crippen LogP contribution < -0.4 is 10.1 Å². The smallest absolute Gasteiger partial charge is 0.230 e. The van der Waals surface area contributed by atoms with Gasteiger partial charge in [-0.1, -0.05) is 11.6 Å². The molecule has 1 N–H and O–H groups in total. The van der Waals surface area contributed by atoms with Crippen molar-refractivity contribution in [1.29, 1.82) is 0 Å². The highest BCUT2D eigenvalue weighted by Crippen LogP contribution is 2.21. The Balaban J connectivity index is 1.37. The number of nitrogens with zero attached hydrogens (tertiary/aromatic N) is 5. The lowest BCUT2D eigenvalue weighted by atomic mass is 10.2. The van der Waals surface area contributed by atoms with Crippen molar-refractivity contribution in [3.8, 4) is 11.4 Å². The van der Waals surface area contributed by atoms with Gasteiger partial charge in [0, 0.05) is 10.4 Å². The number of hydrogen-bond donors (Lipinski definition) is 1. The van der Waals surface area contributed by atoms with E-state index in [9.17, 15) is 9.18 Å². The molecule has 0 aliphatic heterocycles. The van der Waals surface area contributed by atoms with Crippen LogP contribution in [0.3, 0.4) is 0 Å². The largest absolute Gasteiger partial charge is 0.486 e. The summed E-state index contributed by atoms with van der Waals surface area (Å²) in [7, 11) is 0. The standard InChI is InChI=1S/C20H16ClFN6O2S/c1-12-25-26-27-28(12)15-4-7-17(22)18(9-15)24-19(29)8-14-11-31-20(23-14)10-30-16-5-2-13(21)3-6-16/h2-7,9,11H,8,10H2,1H3,(H,24,29). The van der Waals surface area contributed by atoms with Crippen LogP contribution in [0.2, 0.25) is 5.02 Å². The molecule has 0 saturated carbocycles. The van der Waals surface area contributed by atoms with E-state index in [1.807, 2.05) is 0 Å². The zero-order valence-electron chi connectivity index (χ0n) is 16.2. The van der Waals surface area contributed by atoms with E-state index in [4.69, 9.17) is 16.3 Å². The van der Waals surface area contributed by atoms with E-state index in [2.05, 4.69) is 25.8 Å². The fraction of sp³-hybridized carbons (Fsp3) is 0.150. The molecular weight excluding hydrogens is 443 g/mol. The van der Waals surface area contributed by atoms with Crippen molar-refractivity contribution in [3.63, 3.8) is 0 Å². The highest BCUT2D eigenvalue weighted by atomic mass is 35.5. The minimum Gasteiger partial charge on any atom is -0.486 e. The Labute approximate surface area is 185 Å². The number of amides is 1. The molecule has 2 aromatic heterocycles. The fourth-order valence-corrected chi connectivity index (χ4v) is 3.57. The average molecular weight is 459 g/mol. The first-order chi connectivity index (χ1) is 15.0. The Morgan fingerprint density at radius 1 is 1.26 bits per heavy atom. The van der Waals surface area contributed by atoms with Gasteiger partial charge in [-0.15, -0.1) is 16.4 Å². The molecule has 4 aromatic rings. The predicted octanol–water partition coefficient (Wildman–Crippen LogP) is 3.98. The second kappa shape index (κ2) is 9.19. The van der Waals surface area contributed by atoms with Crippen LogP contribution >= 0.6 is 22.9 Å². The molecule has 2 aromatic carbocycles. The van der Waals surface area contributed by atoms with Crippen molar-refractivity contribution in [1.82, 2.24) is 25.2 Å². The van der Waals surface area contributed by atoms with Crippen molar-refractivity contribution in [2.45, 2.75) is 20.0 Å². The van der Waals surface area contributed by atoms with Gasteiger partial charge in [0.1, 0.15) is 23.2 Å². The summed E-state index contributed by atoms with van der Waals surface area (Å²) in [4.78, 5) is 16.8. The number of tetrazole rings is 1. The highest BCUT2D eigenvalue weighted by Gasteiger charge is 2.13. The Morgan fingerprint density at radius 3 is 2.81 bits per heavy atom. The van der Waals surface area contributed by atoms with E-state index < -0.39 is 5.82 Å². The highest BCUT2D eigenvalue weighted by molar-refractivity contribution is 7.09. The van der Waals surface area contributed by atoms with Gasteiger partial charge < -0.3 is 10.1 Å². The van der Waals surface area contributed by atoms with Gasteiger partial charge in [0.05, 0.1) is 23.5 Å². The van der Waals surface area contributed by atoms with E-state index in [1.165, 1.54) is 34.2 Å². The van der Waals surface area contributed by atoms with Crippen LogP contribution in [-0.2, 0) is 17.8 Å². The molecule has 0 fully saturated rings. The zero-order valence-corrected chi connectivity index (χ0v) is 17.8. The summed E-state index contributed by atoms with van der Waals surface area (Å²) in [6.07, 6.45) is 0.00498. The Morgan fingerprint density at radius 2 is 2.06 bits per heavy atom. The number of nitrogens with one attached hydrogen (secondary N) is 1. The number of thiazole rings is 1. The van der Waals surface area contributed by atoms with E-state index in [1.54, 1.807) is 36.6 Å². The van der Waals surface area contributed by atoms with Gasteiger partial charge in [0.15, 0.2) is 5.82 Å². The van der Waals surface area contributed by atoms with Crippen LogP contribution in [0.1, 0.15) is 16.5 Å². The summed E-state index contributed by atoms with van der Waals surface area (Å²) in [6, 6.07) is 11.3. The zero-order chi connectivity index (χ0) is 21.8. The summed E-state index contributed by atoms with van der Waals surface area (Å²) in [5.74, 6) is 0.268. The quantitative estimate of drug-likeness (QED) is 0.450. The van der Waals surface area contributed by atoms with Crippen molar-refractivity contribution in [2.24, 2.45) is 0 Å². The summed E-state index contributed by atoms with van der Waals surface area (Å²) < 4.78 is 21.3. The molecule has 31 heavy (non-hydrogen) atoms. The van der Waals surface area contributed by atoms with Gasteiger partial charge in [-0.25, -0.2) is 9.37 Å². The lowest BCUT2D eigenvalue weighted by Crippen LogP contribution is -2.16. The number of ether oxygens (including phenoxy) is 1. The summed E-state index contributed by atoms with van der Waals surface area (Å²) in [5, 5.41) is 16.9. The van der Waals surface area contributed by atoms with Crippen LogP contribution in [0.15, 0.2) is 47.8 Å². The van der Waals surface area contributed by atoms with E-state index in [0.29, 0.717) is 28.0 Å². The van der Waals surface area contributed by atoms with Crippen molar-refractivity contribution < 1.29 is 13.9 Å². The Kier molecular flexibility index (Phi) is 6.19. The second-order valence-corrected chi connectivity index (χ2v) is 7.88. The normalized spacial score (nSPS) is 10.8. The molecule has 8 nitrogen and oxygen atoms in total. The number of anilines is 1. The predicted molar refractivity (Wildman–Crippen MR) is 114 cm³/mol. The molecule has 2 heterocycles. The van der Waals surface area contributed by atoms with Crippen molar-refractivity contribution in [2.75, 3.05) is 5.32 Å². The summed E-state index contributed by atoms with van der Waals surface area (Å²) in [6.45, 7) is 1.99. The summed E-state index contributed by atoms with van der Waals surface area (Å²) in [5.41, 5.74) is 1.15. The van der Waals surface area contributed by atoms with Crippen LogP contribution in [0, 0.1) is 12.7 Å². The molecule has 1 amide bonds. The SMILES string of the molecule is Cc1nnnn1-c1ccc(F)c(NC(=O)Cc2csc(COc3ccc(Cl)cc3)n2)c1. The topological polar surface area (TPSA) is 94.8 Å². The lowest BCUT2D eigenvalue weighted by Gasteiger charge is -2.08. The minimum absolute atomic E-state index is 0.00498. The second-order valence-electron chi connectivity index (χ2n) is 6.50. The molecule has 0 radical (unpaired) electrons. The van der Waals surface area contributed by atoms with Gasteiger partial charge in [-0.05, 0) is 59.8 Å². The maximum absolute atomic E-state index is 14.2. The molecular formula is C20H16ClFN6O2S. The van der Waals surface area contributed by atoms with Gasteiger partial charge >= 0.3 is 0 Å². The third kappa shape index (κ3) is 5.22. The Hall–Kier alpha value is -3.37. The molecule has 0 aliphatic carbocycles. The third-order valence-electron chi connectivity index (χ3n) is 4.21. The van der Waals surface area contributed by atoms with Crippen LogP contribution in [0.5, 0.6) is 5.75 Å². The van der Waals surface area contributed by atoms with Crippen LogP contribution in [0.4, 0.5) is 10.1 Å². The molecule has 158 valence electrons. The van der Waals surface area contributed by atoms with Gasteiger partial charge in [-0.2, -0.15) is 4.68 Å². The first-order valence-corrected chi connectivity index (χ1v) is 10.4. The average Bonchev–Trinajstić information content (AvgIpc) is 3.38. The van der Waals surface area contributed by atoms with Gasteiger partial charge in [-0.3, -0.25) is 4.79 Å². The molecule has 11 heteroatoms. The number of carbonyl (C=O) groups is 1. The molecule has 0 bridgehead atoms. The maximum Gasteiger partial charge on any atom is 0.230 e. The van der Waals surface area contributed by atoms with E-state index in [-0.39, 0.29) is 24.6 Å². The fourth-order valence-electron chi connectivity index (χ4n) is 2.74. The minimum atomic E-state index is -0.557. The number of rotatable bonds is 7. The van der Waals surface area contributed by atoms with E-state index >= 15 is 0 Å². The molecule has 0 aliphatic rings. The van der Waals surface area contributed by atoms with Crippen molar-refractivity contribution >= 4 is 34.5 Å². The maximum atomic E-state index is 14.2. The lowest BCUT2D eigenvalue weighted by molar-refractivity contribution is -0.115. The van der Waals surface area contributed by atoms with Gasteiger partial charge in [0.25, 0.3) is 0 Å². The van der Waals surface area contributed by atoms with Crippen molar-refractivity contribution in [3.05, 3.63) is 75.2 Å². The molecule has 0 spiro atoms. The molecule has 4 rings (SSSR count). The van der Waals surface area contributed by atoms with Gasteiger partial charge in [0.2, 0.25) is 5.91 Å². The number of carbonyl (C=O) groups excluding carboxylic acids is 1. The number of hydrogen-bond acceptors (Lipinski definition) is 7. The number of benzene rings is 2. The number of halogens is 2. The van der Waals surface area contributed by atoms with Crippen LogP contribution in [0.25, 0.3) is 5.69 Å². The molecule has 0 atom stereocenters. The first-order valence-electron chi connectivity index (χ1n) is 9.14.